The molecule has 0 spiro atoms. The lowest BCUT2D eigenvalue weighted by molar-refractivity contribution is -0.148. The number of esters is 1. The van der Waals surface area contributed by atoms with Gasteiger partial charge >= 0.3 is 5.97 Å². The number of aliphatic hydroxyl groups is 1. The fraction of sp³-hybridized carbons (Fsp3) is 0.667. The van der Waals surface area contributed by atoms with Crippen molar-refractivity contribution in [1.29, 1.82) is 0 Å². The monoisotopic (exact) mass is 505 g/mol. The first-order chi connectivity index (χ1) is 16.0. The number of nitrogens with zero attached hydrogens (tertiary/aromatic N) is 1. The van der Waals surface area contributed by atoms with Crippen LogP contribution in [0.2, 0.25) is 0 Å². The normalized spacial score (nSPS) is 34.4. The number of Topliss-reactive ketones (excluding diaryl/α,β-unsaturated/α-hetero) is 1. The van der Waals surface area contributed by atoms with Crippen molar-refractivity contribution in [3.05, 3.63) is 28.2 Å². The Hall–Kier alpha value is -1.36. The molecule has 2 fully saturated rings. The molecule has 34 heavy (non-hydrogen) atoms. The molecule has 0 saturated carbocycles. The summed E-state index contributed by atoms with van der Waals surface area (Å²) in [4.78, 5) is 30.6. The summed E-state index contributed by atoms with van der Waals surface area (Å²) >= 11 is 1.54. The number of hydrogen-bond acceptors (Lipinski definition) is 6. The predicted octanol–water partition coefficient (Wildman–Crippen LogP) is 6.11. The zero-order valence-electron chi connectivity index (χ0n) is 21.2. The quantitative estimate of drug-likeness (QED) is 0.396. The van der Waals surface area contributed by atoms with Gasteiger partial charge in [0.25, 0.3) is 0 Å². The van der Waals surface area contributed by atoms with E-state index in [1.807, 2.05) is 39.2 Å². The zero-order valence-corrected chi connectivity index (χ0v) is 23.0. The largest absolute Gasteiger partial charge is 0.458 e. The Balaban J connectivity index is 1.77. The summed E-state index contributed by atoms with van der Waals surface area (Å²) < 4.78 is 6.00. The number of ether oxygens (including phenoxy) is 1. The first-order valence-electron chi connectivity index (χ1n) is 12.5. The maximum Gasteiger partial charge on any atom is 0.306 e. The third-order valence-electron chi connectivity index (χ3n) is 7.45. The number of hydrogen-bond donors (Lipinski definition) is 1. The van der Waals surface area contributed by atoms with Crippen LogP contribution in [0.4, 0.5) is 0 Å². The average Bonchev–Trinajstić information content (AvgIpc) is 3.37. The molecule has 2 saturated heterocycles. The van der Waals surface area contributed by atoms with Gasteiger partial charge in [-0.2, -0.15) is 0 Å². The molecular formula is C27H40NO4PS. The number of aliphatic hydroxyl groups excluding tert-OH is 1. The molecule has 188 valence electrons. The number of carbonyl (C=O) groups excluding carboxylic acids is 2. The first-order valence-corrected chi connectivity index (χ1v) is 14.5. The van der Waals surface area contributed by atoms with Crippen molar-refractivity contribution >= 4 is 43.8 Å². The van der Waals surface area contributed by atoms with Crippen LogP contribution in [0, 0.1) is 17.3 Å². The molecule has 2 aliphatic rings. The van der Waals surface area contributed by atoms with Crippen LogP contribution in [0.15, 0.2) is 17.5 Å². The Labute approximate surface area is 210 Å². The van der Waals surface area contributed by atoms with Crippen LogP contribution in [0.3, 0.4) is 0 Å². The molecule has 1 N–H and O–H groups in total. The molecule has 0 bridgehead atoms. The minimum atomic E-state index is -0.693. The standard InChI is InChI=1S/C27H40NO4PS/c1-7-23-28-19(15-34-23)13-17(3)20-14-22-21(33-22)10-8-9-16(2)25(30)18(4)26(31)27(5,6)12-11-24(29)32-20/h7,13,15-16,18,20-22,25,30,33H,1,8-12,14H2,2-6H3/b17-13+/t16-,18+,20?,21?,22?,25?/m0/s1. The van der Waals surface area contributed by atoms with Gasteiger partial charge in [0, 0.05) is 23.1 Å². The number of cyclic esters (lactones) is 1. The van der Waals surface area contributed by atoms with Gasteiger partial charge in [-0.3, -0.25) is 9.59 Å². The van der Waals surface area contributed by atoms with Crippen molar-refractivity contribution in [3.63, 3.8) is 0 Å². The second-order valence-corrected chi connectivity index (χ2v) is 13.4. The summed E-state index contributed by atoms with van der Waals surface area (Å²) in [6, 6.07) is 0. The van der Waals surface area contributed by atoms with Gasteiger partial charge in [0.2, 0.25) is 0 Å². The highest BCUT2D eigenvalue weighted by Crippen LogP contribution is 2.54. The summed E-state index contributed by atoms with van der Waals surface area (Å²) in [6.45, 7) is 13.4. The van der Waals surface area contributed by atoms with Gasteiger partial charge < -0.3 is 9.84 Å². The molecule has 3 heterocycles. The van der Waals surface area contributed by atoms with E-state index in [9.17, 15) is 14.7 Å². The predicted molar refractivity (Wildman–Crippen MR) is 142 cm³/mol. The van der Waals surface area contributed by atoms with Crippen LogP contribution >= 0.6 is 19.9 Å². The summed E-state index contributed by atoms with van der Waals surface area (Å²) in [5, 5.41) is 13.7. The van der Waals surface area contributed by atoms with E-state index < -0.39 is 17.4 Å². The van der Waals surface area contributed by atoms with E-state index in [0.29, 0.717) is 17.7 Å². The second-order valence-electron chi connectivity index (χ2n) is 10.7. The van der Waals surface area contributed by atoms with E-state index in [1.54, 1.807) is 17.4 Å². The molecule has 5 nitrogen and oxygen atoms in total. The van der Waals surface area contributed by atoms with Crippen LogP contribution in [-0.2, 0) is 14.3 Å². The van der Waals surface area contributed by atoms with E-state index in [0.717, 1.165) is 50.5 Å². The molecule has 1 aromatic heterocycles. The molecule has 7 heteroatoms. The maximum atomic E-state index is 13.2. The van der Waals surface area contributed by atoms with Gasteiger partial charge in [0.15, 0.2) is 0 Å². The molecule has 2 aliphatic heterocycles. The van der Waals surface area contributed by atoms with Crippen LogP contribution < -0.4 is 0 Å². The van der Waals surface area contributed by atoms with Crippen molar-refractivity contribution in [2.24, 2.45) is 17.3 Å². The molecule has 5 unspecified atom stereocenters. The smallest absolute Gasteiger partial charge is 0.306 e. The highest BCUT2D eigenvalue weighted by atomic mass is 32.1. The minimum absolute atomic E-state index is 0.0182. The van der Waals surface area contributed by atoms with Gasteiger partial charge in [-0.15, -0.1) is 19.9 Å². The molecule has 0 aromatic carbocycles. The molecule has 7 atom stereocenters. The minimum Gasteiger partial charge on any atom is -0.458 e. The third kappa shape index (κ3) is 7.08. The van der Waals surface area contributed by atoms with Crippen molar-refractivity contribution in [3.8, 4) is 0 Å². The summed E-state index contributed by atoms with van der Waals surface area (Å²) in [6.07, 6.45) is 7.40. The SMILES string of the molecule is C=Cc1nc(/C=C(\C)C2CC3PC3CCC[C@H](C)C(O)[C@@H](C)C(=O)C(C)(C)CCC(=O)O2)cs1. The Bertz CT molecular complexity index is 923. The van der Waals surface area contributed by atoms with Gasteiger partial charge in [-0.1, -0.05) is 40.7 Å². The van der Waals surface area contributed by atoms with Gasteiger partial charge in [-0.25, -0.2) is 4.98 Å². The Morgan fingerprint density at radius 3 is 2.71 bits per heavy atom. The van der Waals surface area contributed by atoms with Crippen LogP contribution in [0.1, 0.15) is 83.8 Å². The highest BCUT2D eigenvalue weighted by molar-refractivity contribution is 7.48. The molecule has 0 amide bonds. The second kappa shape index (κ2) is 11.6. The number of rotatable bonds is 3. The zero-order chi connectivity index (χ0) is 25.0. The van der Waals surface area contributed by atoms with Crippen molar-refractivity contribution in [2.75, 3.05) is 0 Å². The topological polar surface area (TPSA) is 76.5 Å². The van der Waals surface area contributed by atoms with E-state index in [-0.39, 0.29) is 30.2 Å². The lowest BCUT2D eigenvalue weighted by Crippen LogP contribution is -2.39. The lowest BCUT2D eigenvalue weighted by Gasteiger charge is -2.31. The Morgan fingerprint density at radius 2 is 2.03 bits per heavy atom. The lowest BCUT2D eigenvalue weighted by atomic mass is 9.74. The fourth-order valence-electron chi connectivity index (χ4n) is 4.93. The van der Waals surface area contributed by atoms with E-state index in [4.69, 9.17) is 4.74 Å². The first kappa shape index (κ1) is 27.2. The highest BCUT2D eigenvalue weighted by Gasteiger charge is 2.41. The maximum absolute atomic E-state index is 13.2. The van der Waals surface area contributed by atoms with E-state index in [1.165, 1.54) is 0 Å². The number of carbonyl (C=O) groups is 2. The molecular weight excluding hydrogens is 465 g/mol. The van der Waals surface area contributed by atoms with E-state index in [2.05, 4.69) is 18.5 Å². The molecule has 0 aliphatic carbocycles. The average molecular weight is 506 g/mol. The Morgan fingerprint density at radius 1 is 1.29 bits per heavy atom. The van der Waals surface area contributed by atoms with Crippen molar-refractivity contribution < 1.29 is 19.4 Å². The number of fused-ring (bicyclic) bond motifs is 1. The summed E-state index contributed by atoms with van der Waals surface area (Å²) in [7, 11) is 0.901. The van der Waals surface area contributed by atoms with E-state index >= 15 is 0 Å². The summed E-state index contributed by atoms with van der Waals surface area (Å²) in [5.74, 6) is -0.604. The van der Waals surface area contributed by atoms with Crippen molar-refractivity contribution in [1.82, 2.24) is 4.98 Å². The number of aromatic nitrogens is 1. The molecule has 1 aromatic rings. The summed E-state index contributed by atoms with van der Waals surface area (Å²) in [5.41, 5.74) is 2.44. The van der Waals surface area contributed by atoms with Gasteiger partial charge in [-0.05, 0) is 67.6 Å². The third-order valence-corrected chi connectivity index (χ3v) is 10.1. The number of ketones is 1. The van der Waals surface area contributed by atoms with Crippen LogP contribution in [0.25, 0.3) is 12.2 Å². The van der Waals surface area contributed by atoms with Crippen LogP contribution in [0.5, 0.6) is 0 Å². The van der Waals surface area contributed by atoms with Gasteiger partial charge in [0.05, 0.1) is 11.8 Å². The number of thiazole rings is 1. The molecule has 0 radical (unpaired) electrons. The van der Waals surface area contributed by atoms with Gasteiger partial charge in [0.1, 0.15) is 16.9 Å². The Kier molecular flexibility index (Phi) is 9.28. The fourth-order valence-corrected chi connectivity index (χ4v) is 7.01. The van der Waals surface area contributed by atoms with Crippen molar-refractivity contribution in [2.45, 2.75) is 96.7 Å². The van der Waals surface area contributed by atoms with Crippen LogP contribution in [-0.4, -0.2) is 45.4 Å². The molecule has 3 rings (SSSR count).